The van der Waals surface area contributed by atoms with Gasteiger partial charge in [0, 0.05) is 70.5 Å². The van der Waals surface area contributed by atoms with Crippen LogP contribution in [0.4, 0.5) is 17.1 Å². The minimum absolute atomic E-state index is 0.0147. The Hall–Kier alpha value is -5.96. The zero-order valence-corrected chi connectivity index (χ0v) is 41.7. The molecule has 5 aromatic carbocycles. The van der Waals surface area contributed by atoms with Gasteiger partial charge in [-0.25, -0.2) is 0 Å². The van der Waals surface area contributed by atoms with Gasteiger partial charge >= 0.3 is 0 Å². The van der Waals surface area contributed by atoms with E-state index in [0.29, 0.717) is 59.7 Å². The lowest BCUT2D eigenvalue weighted by Gasteiger charge is -2.26. The Labute approximate surface area is 412 Å². The maximum absolute atomic E-state index is 14.1. The van der Waals surface area contributed by atoms with Crippen molar-refractivity contribution in [2.45, 2.75) is 120 Å². The molecule has 360 valence electrons. The van der Waals surface area contributed by atoms with Crippen molar-refractivity contribution in [3.8, 4) is 17.2 Å². The molecule has 14 heteroatoms. The lowest BCUT2D eigenvalue weighted by atomic mass is 9.96. The third kappa shape index (κ3) is 10.3. The monoisotopic (exact) mass is 968 g/mol. The molecule has 0 bridgehead atoms. The molecule has 0 fully saturated rings. The fourth-order valence-corrected chi connectivity index (χ4v) is 12.7. The number of fused-ring (bicyclic) bond motifs is 8. The minimum Gasteiger partial charge on any atom is -0.493 e. The number of carbonyl (C=O) groups excluding carboxylic acids is 4. The molecular formula is C55H60N4O8S2. The molecule has 2 unspecified atom stereocenters. The van der Waals surface area contributed by atoms with Crippen molar-refractivity contribution < 1.29 is 38.5 Å². The van der Waals surface area contributed by atoms with E-state index in [0.717, 1.165) is 64.0 Å². The first-order chi connectivity index (χ1) is 33.2. The average molecular weight is 969 g/mol. The maximum Gasteiger partial charge on any atom is 0.258 e. The molecular weight excluding hydrogens is 909 g/mol. The zero-order chi connectivity index (χ0) is 48.6. The number of carbonyl (C=O) groups is 4. The number of methoxy groups -OCH3 is 1. The van der Waals surface area contributed by atoms with E-state index in [9.17, 15) is 24.3 Å². The summed E-state index contributed by atoms with van der Waals surface area (Å²) in [6.07, 6.45) is 3.95. The van der Waals surface area contributed by atoms with E-state index >= 15 is 0 Å². The molecule has 4 atom stereocenters. The first-order valence-electron chi connectivity index (χ1n) is 23.8. The van der Waals surface area contributed by atoms with Gasteiger partial charge in [-0.1, -0.05) is 64.9 Å². The van der Waals surface area contributed by atoms with E-state index in [4.69, 9.17) is 14.2 Å². The topological polar surface area (TPSA) is 147 Å². The SMILES string of the molecule is CNC(=O)CCC(C)SSC(C)(C)CC(=O)Nc1cc(COc2cc3c(cc2C)C(=O)N2c4ccccc4C[C@H]2C(O)C3)cc(COc2cc3c(cc2OC)C(=O)N2c4ccccc4C[C@H]2CC3)c1. The molecule has 12 nitrogen and oxygen atoms in total. The van der Waals surface area contributed by atoms with Crippen LogP contribution in [0.2, 0.25) is 0 Å². The van der Waals surface area contributed by atoms with Crippen LogP contribution in [-0.2, 0) is 48.5 Å². The Morgan fingerprint density at radius 1 is 0.783 bits per heavy atom. The van der Waals surface area contributed by atoms with Gasteiger partial charge in [-0.05, 0) is 146 Å². The average Bonchev–Trinajstić information content (AvgIpc) is 3.85. The largest absolute Gasteiger partial charge is 0.493 e. The van der Waals surface area contributed by atoms with Crippen molar-refractivity contribution in [2.75, 3.05) is 29.3 Å². The zero-order valence-electron chi connectivity index (χ0n) is 40.1. The van der Waals surface area contributed by atoms with Gasteiger partial charge in [-0.15, -0.1) is 0 Å². The standard InChI is InChI=1S/C55H60N4O8S2/c1-32-19-42-39(25-47(60)46-24-38-12-8-10-14-45(38)59(46)54(42)64)27-48(32)66-30-34-20-35(22-40(21-34)57-52(62)29-55(3,4)69-68-33(2)15-18-51(61)56-5)31-67-50-26-36-16-17-41-23-37-11-7-9-13-44(37)58(41)53(63)43(36)28-49(50)65-6/h7-14,19-22,26-28,33,41,46-47,60H,15-18,23-25,29-31H2,1-6H3,(H,56,61)(H,57,62)/t33?,41-,46+,47?/m1/s1. The summed E-state index contributed by atoms with van der Waals surface area (Å²) < 4.78 is 18.5. The van der Waals surface area contributed by atoms with E-state index in [1.165, 1.54) is 5.56 Å². The Bertz CT molecular complexity index is 2810. The van der Waals surface area contributed by atoms with Crippen LogP contribution in [0, 0.1) is 6.92 Å². The summed E-state index contributed by atoms with van der Waals surface area (Å²) >= 11 is 0. The van der Waals surface area contributed by atoms with Crippen LogP contribution in [0.3, 0.4) is 0 Å². The summed E-state index contributed by atoms with van der Waals surface area (Å²) in [4.78, 5) is 57.5. The highest BCUT2D eigenvalue weighted by molar-refractivity contribution is 8.77. The molecule has 5 aromatic rings. The number of hydrogen-bond acceptors (Lipinski definition) is 10. The lowest BCUT2D eigenvalue weighted by molar-refractivity contribution is -0.120. The first kappa shape index (κ1) is 48.1. The number of aliphatic hydroxyl groups excluding tert-OH is 1. The molecule has 9 rings (SSSR count). The van der Waals surface area contributed by atoms with Crippen molar-refractivity contribution in [1.82, 2.24) is 5.32 Å². The third-order valence-electron chi connectivity index (χ3n) is 13.6. The second-order valence-corrected chi connectivity index (χ2v) is 22.6. The van der Waals surface area contributed by atoms with Crippen LogP contribution in [0.5, 0.6) is 17.2 Å². The predicted molar refractivity (Wildman–Crippen MR) is 274 cm³/mol. The molecule has 0 saturated carbocycles. The number of hydrogen-bond donors (Lipinski definition) is 3. The Morgan fingerprint density at radius 3 is 2.13 bits per heavy atom. The van der Waals surface area contributed by atoms with Gasteiger partial charge in [0.25, 0.3) is 11.8 Å². The highest BCUT2D eigenvalue weighted by Gasteiger charge is 2.42. The molecule has 4 amide bonds. The molecule has 3 N–H and O–H groups in total. The summed E-state index contributed by atoms with van der Waals surface area (Å²) in [7, 11) is 6.54. The second-order valence-electron chi connectivity index (χ2n) is 19.3. The van der Waals surface area contributed by atoms with E-state index in [1.54, 1.807) is 46.7 Å². The molecule has 0 saturated heterocycles. The first-order valence-corrected chi connectivity index (χ1v) is 26.0. The smallest absolute Gasteiger partial charge is 0.258 e. The Balaban J connectivity index is 0.946. The van der Waals surface area contributed by atoms with Crippen LogP contribution in [-0.4, -0.2) is 71.1 Å². The minimum atomic E-state index is -0.756. The van der Waals surface area contributed by atoms with Crippen LogP contribution in [0.15, 0.2) is 91.0 Å². The molecule has 0 aliphatic carbocycles. The van der Waals surface area contributed by atoms with Gasteiger partial charge in [0.1, 0.15) is 19.0 Å². The number of benzene rings is 5. The number of rotatable bonds is 16. The number of nitrogens with one attached hydrogen (secondary N) is 2. The van der Waals surface area contributed by atoms with Gasteiger partial charge in [0.15, 0.2) is 11.5 Å². The molecule has 0 aromatic heterocycles. The van der Waals surface area contributed by atoms with Crippen LogP contribution < -0.4 is 34.6 Å². The van der Waals surface area contributed by atoms with E-state index in [2.05, 4.69) is 23.6 Å². The van der Waals surface area contributed by atoms with Crippen molar-refractivity contribution in [3.63, 3.8) is 0 Å². The number of aryl methyl sites for hydroxylation is 2. The molecule has 4 aliphatic rings. The molecule has 69 heavy (non-hydrogen) atoms. The summed E-state index contributed by atoms with van der Waals surface area (Å²) in [5.41, 5.74) is 9.80. The third-order valence-corrected chi connectivity index (χ3v) is 17.5. The lowest BCUT2D eigenvalue weighted by Crippen LogP contribution is -2.43. The number of aliphatic hydroxyl groups is 1. The predicted octanol–water partition coefficient (Wildman–Crippen LogP) is 9.57. The number of para-hydroxylation sites is 2. The highest BCUT2D eigenvalue weighted by Crippen LogP contribution is 2.44. The number of nitrogens with zero attached hydrogens (tertiary/aromatic N) is 2. The van der Waals surface area contributed by atoms with Gasteiger partial charge in [-0.3, -0.25) is 19.2 Å². The molecule has 0 radical (unpaired) electrons. The summed E-state index contributed by atoms with van der Waals surface area (Å²) in [6, 6.07) is 28.9. The fraction of sp³-hybridized carbons (Fsp3) is 0.382. The number of ether oxygens (including phenoxy) is 3. The van der Waals surface area contributed by atoms with Gasteiger partial charge in [0.2, 0.25) is 11.8 Å². The summed E-state index contributed by atoms with van der Waals surface area (Å²) in [5.74, 6) is 1.26. The normalized spacial score (nSPS) is 18.4. The number of anilines is 3. The van der Waals surface area contributed by atoms with Crippen LogP contribution in [0.25, 0.3) is 0 Å². The van der Waals surface area contributed by atoms with E-state index < -0.39 is 10.9 Å². The quantitative estimate of drug-likeness (QED) is 0.0818. The Kier molecular flexibility index (Phi) is 14.1. The number of amides is 4. The second kappa shape index (κ2) is 20.2. The molecule has 4 aliphatic heterocycles. The summed E-state index contributed by atoms with van der Waals surface area (Å²) in [5, 5.41) is 17.5. The van der Waals surface area contributed by atoms with Crippen molar-refractivity contribution in [1.29, 1.82) is 0 Å². The van der Waals surface area contributed by atoms with Gasteiger partial charge in [0.05, 0.1) is 19.3 Å². The molecule has 0 spiro atoms. The van der Waals surface area contributed by atoms with Gasteiger partial charge < -0.3 is 39.8 Å². The van der Waals surface area contributed by atoms with E-state index in [1.807, 2.05) is 105 Å². The van der Waals surface area contributed by atoms with E-state index in [-0.39, 0.29) is 60.6 Å². The van der Waals surface area contributed by atoms with Crippen molar-refractivity contribution >= 4 is 62.3 Å². The Morgan fingerprint density at radius 2 is 1.42 bits per heavy atom. The maximum atomic E-state index is 14.1. The fourth-order valence-electron chi connectivity index (χ4n) is 10.1. The van der Waals surface area contributed by atoms with Gasteiger partial charge in [-0.2, -0.15) is 0 Å². The van der Waals surface area contributed by atoms with Crippen molar-refractivity contribution in [2.24, 2.45) is 0 Å². The van der Waals surface area contributed by atoms with Crippen LogP contribution in [0.1, 0.15) is 106 Å². The summed E-state index contributed by atoms with van der Waals surface area (Å²) in [6.45, 7) is 8.37. The van der Waals surface area contributed by atoms with Crippen molar-refractivity contribution in [3.05, 3.63) is 141 Å². The van der Waals surface area contributed by atoms with Crippen LogP contribution >= 0.6 is 21.6 Å². The molecule has 4 heterocycles. The highest BCUT2D eigenvalue weighted by atomic mass is 33.1.